The minimum atomic E-state index is -0.567. The van der Waals surface area contributed by atoms with Gasteiger partial charge < -0.3 is 23.8 Å². The largest absolute Gasteiger partial charge is 0.497 e. The molecule has 1 aromatic carbocycles. The number of hydrogen-bond acceptors (Lipinski definition) is 5. The predicted molar refractivity (Wildman–Crippen MR) is 110 cm³/mol. The molecule has 0 aliphatic carbocycles. The van der Waals surface area contributed by atoms with Gasteiger partial charge in [-0.15, -0.1) is 0 Å². The first kappa shape index (κ1) is 20.7. The Bertz CT molecular complexity index is 1030. The number of methoxy groups -OCH3 is 2. The molecule has 0 bridgehead atoms. The molecule has 29 heavy (non-hydrogen) atoms. The number of aromatic nitrogens is 2. The number of Topliss-reactive ketones (excluding diaryl/α,β-unsaturated/α-hetero) is 1. The zero-order valence-corrected chi connectivity index (χ0v) is 17.2. The number of H-pyrrole nitrogens is 1. The van der Waals surface area contributed by atoms with Gasteiger partial charge in [0, 0.05) is 54.2 Å². The smallest absolute Gasteiger partial charge is 0.355 e. The quantitative estimate of drug-likeness (QED) is 0.338. The third-order valence-electron chi connectivity index (χ3n) is 4.99. The van der Waals surface area contributed by atoms with Crippen LogP contribution in [-0.2, 0) is 16.0 Å². The minimum Gasteiger partial charge on any atom is -0.497 e. The molecular formula is C22H26N2O5. The van der Waals surface area contributed by atoms with Gasteiger partial charge in [-0.3, -0.25) is 4.79 Å². The first-order chi connectivity index (χ1) is 13.9. The summed E-state index contributed by atoms with van der Waals surface area (Å²) in [5.74, 6) is -0.0973. The number of nitrogens with zero attached hydrogens (tertiary/aromatic N) is 1. The van der Waals surface area contributed by atoms with Crippen LogP contribution in [0.2, 0.25) is 0 Å². The molecule has 3 rings (SSSR count). The van der Waals surface area contributed by atoms with E-state index < -0.39 is 5.97 Å². The van der Waals surface area contributed by atoms with E-state index in [2.05, 4.69) is 9.55 Å². The summed E-state index contributed by atoms with van der Waals surface area (Å²) in [6.07, 6.45) is 0.862. The maximum absolute atomic E-state index is 12.6. The number of nitrogens with one attached hydrogen (secondary N) is 1. The van der Waals surface area contributed by atoms with Crippen LogP contribution in [0.4, 0.5) is 0 Å². The molecule has 0 unspecified atom stereocenters. The molecule has 2 heterocycles. The lowest BCUT2D eigenvalue weighted by Crippen LogP contribution is -2.15. The van der Waals surface area contributed by atoms with Gasteiger partial charge in [-0.2, -0.15) is 0 Å². The van der Waals surface area contributed by atoms with Crippen LogP contribution < -0.4 is 4.74 Å². The van der Waals surface area contributed by atoms with Crippen molar-refractivity contribution in [2.24, 2.45) is 0 Å². The number of carbonyl (C=O) groups excluding carboxylic acids is 2. The number of ketones is 1. The summed E-state index contributed by atoms with van der Waals surface area (Å²) in [5, 5.41) is 0.865. The van der Waals surface area contributed by atoms with Crippen molar-refractivity contribution in [3.63, 3.8) is 0 Å². The van der Waals surface area contributed by atoms with Crippen LogP contribution in [0.3, 0.4) is 0 Å². The van der Waals surface area contributed by atoms with Crippen LogP contribution in [0.15, 0.2) is 30.3 Å². The Hall–Kier alpha value is -3.06. The number of benzene rings is 1. The topological polar surface area (TPSA) is 82.6 Å². The van der Waals surface area contributed by atoms with Crippen molar-refractivity contribution in [1.82, 2.24) is 9.55 Å². The highest BCUT2D eigenvalue weighted by atomic mass is 16.5. The fraction of sp³-hybridized carbons (Fsp3) is 0.364. The summed E-state index contributed by atoms with van der Waals surface area (Å²) >= 11 is 0. The molecule has 154 valence electrons. The summed E-state index contributed by atoms with van der Waals surface area (Å²) < 4.78 is 17.6. The monoisotopic (exact) mass is 398 g/mol. The molecule has 0 aliphatic rings. The molecule has 0 saturated carbocycles. The predicted octanol–water partition coefficient (Wildman–Crippen LogP) is 3.67. The van der Waals surface area contributed by atoms with Gasteiger partial charge in [0.1, 0.15) is 11.4 Å². The van der Waals surface area contributed by atoms with Gasteiger partial charge in [0.05, 0.1) is 7.11 Å². The van der Waals surface area contributed by atoms with Crippen molar-refractivity contribution in [3.05, 3.63) is 53.0 Å². The van der Waals surface area contributed by atoms with Crippen LogP contribution in [0.1, 0.15) is 38.7 Å². The van der Waals surface area contributed by atoms with Crippen LogP contribution in [0.5, 0.6) is 5.75 Å². The SMILES string of the molecule is COCCCn1c(C)cc(C(=O)COC(=O)c2cc3ccc(OC)cc3[nH]2)c1C. The molecule has 0 spiro atoms. The van der Waals surface area contributed by atoms with Gasteiger partial charge in [-0.05, 0) is 44.5 Å². The van der Waals surface area contributed by atoms with Gasteiger partial charge >= 0.3 is 5.97 Å². The Morgan fingerprint density at radius 2 is 1.90 bits per heavy atom. The maximum Gasteiger partial charge on any atom is 0.355 e. The summed E-state index contributed by atoms with van der Waals surface area (Å²) in [7, 11) is 3.25. The molecule has 3 aromatic rings. The van der Waals surface area contributed by atoms with Gasteiger partial charge in [-0.25, -0.2) is 4.79 Å². The fourth-order valence-electron chi connectivity index (χ4n) is 3.42. The first-order valence-electron chi connectivity index (χ1n) is 9.47. The lowest BCUT2D eigenvalue weighted by molar-refractivity contribution is 0.0469. The Morgan fingerprint density at radius 1 is 1.10 bits per heavy atom. The third-order valence-corrected chi connectivity index (χ3v) is 4.99. The number of aromatic amines is 1. The molecule has 0 saturated heterocycles. The lowest BCUT2D eigenvalue weighted by Gasteiger charge is -2.09. The number of carbonyl (C=O) groups is 2. The highest BCUT2D eigenvalue weighted by Gasteiger charge is 2.18. The van der Waals surface area contributed by atoms with Crippen molar-refractivity contribution in [1.29, 1.82) is 0 Å². The van der Waals surface area contributed by atoms with Gasteiger partial charge in [0.2, 0.25) is 5.78 Å². The van der Waals surface area contributed by atoms with E-state index in [0.717, 1.165) is 35.3 Å². The average molecular weight is 398 g/mol. The molecule has 0 atom stereocenters. The second-order valence-electron chi connectivity index (χ2n) is 6.92. The summed E-state index contributed by atoms with van der Waals surface area (Å²) in [6, 6.07) is 9.01. The van der Waals surface area contributed by atoms with E-state index in [0.29, 0.717) is 23.6 Å². The van der Waals surface area contributed by atoms with E-state index in [-0.39, 0.29) is 12.4 Å². The number of ether oxygens (including phenoxy) is 3. The Balaban J connectivity index is 1.66. The number of rotatable bonds is 9. The maximum atomic E-state index is 12.6. The summed E-state index contributed by atoms with van der Waals surface area (Å²) in [5.41, 5.74) is 3.51. The molecule has 0 radical (unpaired) electrons. The molecule has 0 amide bonds. The first-order valence-corrected chi connectivity index (χ1v) is 9.47. The van der Waals surface area contributed by atoms with E-state index in [1.165, 1.54) is 0 Å². The van der Waals surface area contributed by atoms with E-state index in [1.54, 1.807) is 26.4 Å². The van der Waals surface area contributed by atoms with Gasteiger partial charge in [-0.1, -0.05) is 0 Å². The van der Waals surface area contributed by atoms with E-state index in [4.69, 9.17) is 14.2 Å². The number of fused-ring (bicyclic) bond motifs is 1. The average Bonchev–Trinajstić information content (AvgIpc) is 3.27. The molecular weight excluding hydrogens is 372 g/mol. The van der Waals surface area contributed by atoms with E-state index in [1.807, 2.05) is 32.0 Å². The molecule has 0 fully saturated rings. The standard InChI is InChI=1S/C22H26N2O5/c1-14-10-18(15(2)24(14)8-5-9-27-3)21(25)13-29-22(26)20-11-16-6-7-17(28-4)12-19(16)23-20/h6-7,10-12,23H,5,8-9,13H2,1-4H3. The van der Waals surface area contributed by atoms with Crippen molar-refractivity contribution >= 4 is 22.7 Å². The van der Waals surface area contributed by atoms with Crippen LogP contribution in [0, 0.1) is 13.8 Å². The Kier molecular flexibility index (Phi) is 6.39. The number of aryl methyl sites for hydroxylation is 1. The molecule has 0 aliphatic heterocycles. The minimum absolute atomic E-state index is 0.220. The Labute approximate surface area is 169 Å². The van der Waals surface area contributed by atoms with Crippen molar-refractivity contribution in [3.8, 4) is 5.75 Å². The molecule has 2 aromatic heterocycles. The molecule has 7 heteroatoms. The van der Waals surface area contributed by atoms with E-state index >= 15 is 0 Å². The van der Waals surface area contributed by atoms with Gasteiger partial charge in [0.15, 0.2) is 6.61 Å². The highest BCUT2D eigenvalue weighted by Crippen LogP contribution is 2.22. The van der Waals surface area contributed by atoms with Crippen LogP contribution >= 0.6 is 0 Å². The van der Waals surface area contributed by atoms with Crippen LogP contribution in [-0.4, -0.2) is 48.7 Å². The zero-order valence-electron chi connectivity index (χ0n) is 17.2. The van der Waals surface area contributed by atoms with Crippen molar-refractivity contribution < 1.29 is 23.8 Å². The third kappa shape index (κ3) is 4.51. The van der Waals surface area contributed by atoms with Crippen molar-refractivity contribution in [2.75, 3.05) is 27.4 Å². The normalized spacial score (nSPS) is 11.0. The van der Waals surface area contributed by atoms with Crippen LogP contribution in [0.25, 0.3) is 10.9 Å². The number of hydrogen-bond donors (Lipinski definition) is 1. The lowest BCUT2D eigenvalue weighted by atomic mass is 10.1. The Morgan fingerprint density at radius 3 is 2.62 bits per heavy atom. The molecule has 1 N–H and O–H groups in total. The second-order valence-corrected chi connectivity index (χ2v) is 6.92. The number of esters is 1. The van der Waals surface area contributed by atoms with Gasteiger partial charge in [0.25, 0.3) is 0 Å². The summed E-state index contributed by atoms with van der Waals surface area (Å²) in [6.45, 7) is 4.99. The van der Waals surface area contributed by atoms with Crippen molar-refractivity contribution in [2.45, 2.75) is 26.8 Å². The highest BCUT2D eigenvalue weighted by molar-refractivity contribution is 6.01. The van der Waals surface area contributed by atoms with E-state index in [9.17, 15) is 9.59 Å². The zero-order chi connectivity index (χ0) is 21.0. The second kappa shape index (κ2) is 8.96. The fourth-order valence-corrected chi connectivity index (χ4v) is 3.42. The summed E-state index contributed by atoms with van der Waals surface area (Å²) in [4.78, 5) is 28.0. The molecule has 7 nitrogen and oxygen atoms in total.